The Kier molecular flexibility index (Phi) is 6.04. The van der Waals surface area contributed by atoms with Crippen LogP contribution in [0.3, 0.4) is 0 Å². The third kappa shape index (κ3) is 4.44. The van der Waals surface area contributed by atoms with E-state index in [1.807, 2.05) is 0 Å². The van der Waals surface area contributed by atoms with Crippen LogP contribution in [0.15, 0.2) is 36.4 Å². The molecule has 0 saturated carbocycles. The molecule has 1 aromatic heterocycles. The number of carbonyl (C=O) groups excluding carboxylic acids is 1. The van der Waals surface area contributed by atoms with Crippen LogP contribution in [0.4, 0.5) is 13.9 Å². The van der Waals surface area contributed by atoms with Gasteiger partial charge in [-0.3, -0.25) is 4.79 Å². The third-order valence-corrected chi connectivity index (χ3v) is 3.82. The lowest BCUT2D eigenvalue weighted by Gasteiger charge is -1.96. The highest BCUT2D eigenvalue weighted by Gasteiger charge is 2.08. The average Bonchev–Trinajstić information content (AvgIpc) is 3.09. The normalized spacial score (nSPS) is 9.38. The number of nitrogen functional groups attached to an aromatic ring is 1. The summed E-state index contributed by atoms with van der Waals surface area (Å²) in [6.07, 6.45) is 0.570. The number of aromatic nitrogens is 2. The zero-order chi connectivity index (χ0) is 19.1. The summed E-state index contributed by atoms with van der Waals surface area (Å²) < 4.78 is 25.6. The molecule has 128 valence electrons. The highest BCUT2D eigenvalue weighted by molar-refractivity contribution is 7.18. The number of hydrogen-bond donors (Lipinski definition) is 1. The minimum Gasteiger partial charge on any atom is -0.374 e. The molecular formula is C17H9F2N5OS. The first kappa shape index (κ1) is 18.6. The Morgan fingerprint density at radius 2 is 1.62 bits per heavy atom. The first-order chi connectivity index (χ1) is 12.5. The van der Waals surface area contributed by atoms with Crippen molar-refractivity contribution in [3.05, 3.63) is 64.7 Å². The Hall–Kier alpha value is -3.69. The maximum absolute atomic E-state index is 13.0. The van der Waals surface area contributed by atoms with Crippen molar-refractivity contribution in [1.82, 2.24) is 10.2 Å². The van der Waals surface area contributed by atoms with E-state index in [4.69, 9.17) is 16.3 Å². The summed E-state index contributed by atoms with van der Waals surface area (Å²) >= 11 is 1.19. The molecule has 0 fully saturated rings. The summed E-state index contributed by atoms with van der Waals surface area (Å²) in [6, 6.07) is 11.2. The van der Waals surface area contributed by atoms with E-state index in [1.54, 1.807) is 12.1 Å². The van der Waals surface area contributed by atoms with Crippen molar-refractivity contribution in [1.29, 1.82) is 10.5 Å². The molecule has 0 amide bonds. The minimum absolute atomic E-state index is 0.0127. The van der Waals surface area contributed by atoms with Gasteiger partial charge in [0.25, 0.3) is 0 Å². The molecule has 2 N–H and O–H groups in total. The first-order valence-electron chi connectivity index (χ1n) is 6.92. The molecule has 0 saturated heterocycles. The molecule has 0 aliphatic heterocycles. The van der Waals surface area contributed by atoms with Crippen molar-refractivity contribution in [3.63, 3.8) is 0 Å². The molecule has 26 heavy (non-hydrogen) atoms. The summed E-state index contributed by atoms with van der Waals surface area (Å²) in [4.78, 5) is 10.2. The van der Waals surface area contributed by atoms with Crippen LogP contribution in [-0.2, 0) is 0 Å². The van der Waals surface area contributed by atoms with E-state index in [2.05, 4.69) is 10.2 Å². The van der Waals surface area contributed by atoms with Crippen molar-refractivity contribution in [3.8, 4) is 22.7 Å². The second-order valence-corrected chi connectivity index (χ2v) is 5.73. The van der Waals surface area contributed by atoms with Crippen LogP contribution in [-0.4, -0.2) is 16.5 Å². The number of benzene rings is 2. The fraction of sp³-hybridized carbons (Fsp3) is 0. The zero-order valence-corrected chi connectivity index (χ0v) is 13.8. The summed E-state index contributed by atoms with van der Waals surface area (Å²) in [7, 11) is 0. The fourth-order valence-electron chi connectivity index (χ4n) is 1.80. The number of halogens is 2. The smallest absolute Gasteiger partial charge is 0.203 e. The number of hydrogen-bond acceptors (Lipinski definition) is 7. The van der Waals surface area contributed by atoms with E-state index in [0.29, 0.717) is 27.6 Å². The molecule has 2 aromatic carbocycles. The molecule has 9 heteroatoms. The van der Waals surface area contributed by atoms with E-state index in [0.717, 1.165) is 6.07 Å². The van der Waals surface area contributed by atoms with Crippen molar-refractivity contribution in [2.75, 3.05) is 5.73 Å². The highest BCUT2D eigenvalue weighted by atomic mass is 32.1. The standard InChI is InChI=1S/C9H5FN4S.C8H4FNO/c10-7-2-1-5(3-6(7)4-11)8-13-14-9(12)15-8;9-8-2-1-6(5-11)3-7(8)4-10/h1-3H,(H2,12,14);1-3,5H. The molecule has 0 unspecified atom stereocenters. The van der Waals surface area contributed by atoms with Gasteiger partial charge in [0.1, 0.15) is 35.1 Å². The lowest BCUT2D eigenvalue weighted by atomic mass is 10.1. The molecular weight excluding hydrogens is 360 g/mol. The number of nitriles is 2. The van der Waals surface area contributed by atoms with Crippen LogP contribution < -0.4 is 5.73 Å². The lowest BCUT2D eigenvalue weighted by Crippen LogP contribution is -1.86. The number of anilines is 1. The van der Waals surface area contributed by atoms with Crippen LogP contribution in [0.25, 0.3) is 10.6 Å². The maximum Gasteiger partial charge on any atom is 0.203 e. The quantitative estimate of drug-likeness (QED) is 0.693. The Balaban J connectivity index is 0.000000197. The summed E-state index contributed by atoms with van der Waals surface area (Å²) in [5, 5.41) is 25.3. The van der Waals surface area contributed by atoms with Gasteiger partial charge in [0.15, 0.2) is 0 Å². The number of nitrogens with two attached hydrogens (primary N) is 1. The molecule has 3 aromatic rings. The Morgan fingerprint density at radius 3 is 2.15 bits per heavy atom. The van der Waals surface area contributed by atoms with Gasteiger partial charge in [0.05, 0.1) is 11.1 Å². The summed E-state index contributed by atoms with van der Waals surface area (Å²) in [5.74, 6) is -1.14. The van der Waals surface area contributed by atoms with E-state index < -0.39 is 11.6 Å². The summed E-state index contributed by atoms with van der Waals surface area (Å²) in [6.45, 7) is 0. The van der Waals surface area contributed by atoms with Crippen LogP contribution in [0.5, 0.6) is 0 Å². The number of rotatable bonds is 2. The van der Waals surface area contributed by atoms with E-state index >= 15 is 0 Å². The van der Waals surface area contributed by atoms with Gasteiger partial charge in [-0.15, -0.1) is 10.2 Å². The molecule has 3 rings (SSSR count). The Bertz CT molecular complexity index is 1040. The van der Waals surface area contributed by atoms with Gasteiger partial charge >= 0.3 is 0 Å². The van der Waals surface area contributed by atoms with Crippen LogP contribution >= 0.6 is 11.3 Å². The first-order valence-corrected chi connectivity index (χ1v) is 7.74. The number of aldehydes is 1. The summed E-state index contributed by atoms with van der Waals surface area (Å²) in [5.41, 5.74) is 6.26. The second kappa shape index (κ2) is 8.42. The van der Waals surface area contributed by atoms with Gasteiger partial charge < -0.3 is 5.73 Å². The molecule has 0 atom stereocenters. The molecule has 0 spiro atoms. The molecule has 1 heterocycles. The van der Waals surface area contributed by atoms with Gasteiger partial charge in [-0.25, -0.2) is 8.78 Å². The van der Waals surface area contributed by atoms with Crippen molar-refractivity contribution in [2.24, 2.45) is 0 Å². The lowest BCUT2D eigenvalue weighted by molar-refractivity contribution is 0.112. The fourth-order valence-corrected chi connectivity index (χ4v) is 2.40. The second-order valence-electron chi connectivity index (χ2n) is 4.72. The van der Waals surface area contributed by atoms with Crippen LogP contribution in [0.2, 0.25) is 0 Å². The van der Waals surface area contributed by atoms with E-state index in [9.17, 15) is 13.6 Å². The number of carbonyl (C=O) groups is 1. The van der Waals surface area contributed by atoms with Crippen molar-refractivity contribution >= 4 is 22.8 Å². The molecule has 0 bridgehead atoms. The Labute approximate surface area is 150 Å². The number of nitrogens with zero attached hydrogens (tertiary/aromatic N) is 4. The largest absolute Gasteiger partial charge is 0.374 e. The topological polar surface area (TPSA) is 116 Å². The van der Waals surface area contributed by atoms with E-state index in [1.165, 1.54) is 41.7 Å². The average molecular weight is 369 g/mol. The molecule has 6 nitrogen and oxygen atoms in total. The maximum atomic E-state index is 13.0. The molecule has 0 aliphatic rings. The zero-order valence-electron chi connectivity index (χ0n) is 13.0. The van der Waals surface area contributed by atoms with Crippen LogP contribution in [0.1, 0.15) is 21.5 Å². The van der Waals surface area contributed by atoms with Gasteiger partial charge in [0.2, 0.25) is 5.13 Å². The predicted molar refractivity (Wildman–Crippen MR) is 90.9 cm³/mol. The minimum atomic E-state index is -0.599. The monoisotopic (exact) mass is 369 g/mol. The SMILES string of the molecule is N#Cc1cc(-c2nnc(N)s2)ccc1F.N#Cc1cc(C=O)ccc1F. The van der Waals surface area contributed by atoms with Gasteiger partial charge in [-0.1, -0.05) is 11.3 Å². The Morgan fingerprint density at radius 1 is 1.00 bits per heavy atom. The van der Waals surface area contributed by atoms with Crippen LogP contribution in [0, 0.1) is 34.3 Å². The van der Waals surface area contributed by atoms with Gasteiger partial charge in [0, 0.05) is 11.1 Å². The van der Waals surface area contributed by atoms with Crippen molar-refractivity contribution in [2.45, 2.75) is 0 Å². The van der Waals surface area contributed by atoms with Gasteiger partial charge in [-0.2, -0.15) is 10.5 Å². The van der Waals surface area contributed by atoms with Gasteiger partial charge in [-0.05, 0) is 36.4 Å². The highest BCUT2D eigenvalue weighted by Crippen LogP contribution is 2.25. The molecule has 0 aliphatic carbocycles. The van der Waals surface area contributed by atoms with Crippen molar-refractivity contribution < 1.29 is 13.6 Å². The predicted octanol–water partition coefficient (Wildman–Crippen LogP) is 3.31. The van der Waals surface area contributed by atoms with E-state index in [-0.39, 0.29) is 11.1 Å². The molecule has 0 radical (unpaired) electrons. The third-order valence-electron chi connectivity index (χ3n) is 3.02.